The molecule has 1 fully saturated rings. The summed E-state index contributed by atoms with van der Waals surface area (Å²) in [5.41, 5.74) is 3.65. The molecule has 0 spiro atoms. The first-order valence-corrected chi connectivity index (χ1v) is 13.7. The second-order valence-corrected chi connectivity index (χ2v) is 10.3. The van der Waals surface area contributed by atoms with E-state index in [1.807, 2.05) is 24.3 Å². The normalized spacial score (nSPS) is 14.5. The van der Waals surface area contributed by atoms with Gasteiger partial charge in [-0.15, -0.1) is 0 Å². The summed E-state index contributed by atoms with van der Waals surface area (Å²) in [4.78, 5) is 24.1. The monoisotopic (exact) mass is 566 g/mol. The summed E-state index contributed by atoms with van der Waals surface area (Å²) in [6.45, 7) is 3.76. The number of hydrogen-bond donors (Lipinski definition) is 0. The second kappa shape index (κ2) is 12.8. The van der Waals surface area contributed by atoms with E-state index in [4.69, 9.17) is 35.8 Å². The molecule has 1 aliphatic heterocycles. The number of piperidine rings is 1. The Morgan fingerprint density at radius 1 is 1.07 bits per heavy atom. The first-order chi connectivity index (χ1) is 19.4. The Labute approximate surface area is 237 Å². The van der Waals surface area contributed by atoms with E-state index in [0.29, 0.717) is 47.6 Å². The van der Waals surface area contributed by atoms with Crippen molar-refractivity contribution in [1.29, 1.82) is 0 Å². The zero-order valence-corrected chi connectivity index (χ0v) is 23.4. The molecule has 0 unspecified atom stereocenters. The lowest BCUT2D eigenvalue weighted by atomic mass is 9.93. The van der Waals surface area contributed by atoms with Crippen molar-refractivity contribution < 1.29 is 23.4 Å². The molecule has 0 radical (unpaired) electrons. The van der Waals surface area contributed by atoms with Gasteiger partial charge in [0.1, 0.15) is 18.2 Å². The van der Waals surface area contributed by atoms with E-state index in [1.54, 1.807) is 31.4 Å². The van der Waals surface area contributed by atoms with Crippen molar-refractivity contribution in [2.75, 3.05) is 33.9 Å². The fourth-order valence-corrected chi connectivity index (χ4v) is 5.24. The predicted molar refractivity (Wildman–Crippen MR) is 150 cm³/mol. The number of aromatic nitrogens is 3. The summed E-state index contributed by atoms with van der Waals surface area (Å²) in [7, 11) is 3.05. The number of benzene rings is 2. The number of fused-ring (bicyclic) bond motifs is 1. The quantitative estimate of drug-likeness (QED) is 0.231. The van der Waals surface area contributed by atoms with Crippen LogP contribution in [0, 0.1) is 5.82 Å². The summed E-state index contributed by atoms with van der Waals surface area (Å²) in [5.74, 6) is 0.964. The van der Waals surface area contributed by atoms with Crippen molar-refractivity contribution in [2.45, 2.75) is 38.5 Å². The molecule has 40 heavy (non-hydrogen) atoms. The van der Waals surface area contributed by atoms with Crippen molar-refractivity contribution in [3.05, 3.63) is 88.1 Å². The minimum absolute atomic E-state index is 0.0864. The molecule has 0 amide bonds. The number of halogens is 2. The summed E-state index contributed by atoms with van der Waals surface area (Å²) in [6, 6.07) is 15.7. The lowest BCUT2D eigenvalue weighted by Gasteiger charge is -2.31. The van der Waals surface area contributed by atoms with Crippen LogP contribution in [0.2, 0.25) is 5.02 Å². The fraction of sp³-hybridized carbons (Fsp3) is 0.367. The smallest absolute Gasteiger partial charge is 0.337 e. The van der Waals surface area contributed by atoms with Crippen LogP contribution in [0.15, 0.2) is 54.6 Å². The maximum atomic E-state index is 14.1. The van der Waals surface area contributed by atoms with Crippen LogP contribution >= 0.6 is 11.6 Å². The lowest BCUT2D eigenvalue weighted by Crippen LogP contribution is -2.33. The molecule has 3 heterocycles. The zero-order valence-electron chi connectivity index (χ0n) is 22.6. The summed E-state index contributed by atoms with van der Waals surface area (Å²) in [6.07, 6.45) is 1.90. The van der Waals surface area contributed by atoms with Gasteiger partial charge in [-0.1, -0.05) is 23.7 Å². The molecule has 0 atom stereocenters. The number of nitrogens with zero attached hydrogens (tertiary/aromatic N) is 4. The van der Waals surface area contributed by atoms with Crippen molar-refractivity contribution in [1.82, 2.24) is 19.4 Å². The number of ether oxygens (including phenoxy) is 3. The van der Waals surface area contributed by atoms with Crippen molar-refractivity contribution >= 4 is 28.6 Å². The number of methoxy groups -OCH3 is 2. The number of carbonyl (C=O) groups is 1. The van der Waals surface area contributed by atoms with E-state index in [1.165, 1.54) is 13.2 Å². The topological polar surface area (TPSA) is 78.7 Å². The van der Waals surface area contributed by atoms with Gasteiger partial charge in [0.25, 0.3) is 0 Å². The molecule has 1 aliphatic rings. The highest BCUT2D eigenvalue weighted by Crippen LogP contribution is 2.29. The molecule has 2 aromatic heterocycles. The summed E-state index contributed by atoms with van der Waals surface area (Å²) < 4.78 is 32.3. The van der Waals surface area contributed by atoms with E-state index >= 15 is 0 Å². The molecule has 10 heteroatoms. The van der Waals surface area contributed by atoms with Gasteiger partial charge >= 0.3 is 5.97 Å². The number of carbonyl (C=O) groups excluding carboxylic acids is 1. The van der Waals surface area contributed by atoms with Crippen LogP contribution in [0.1, 0.15) is 46.2 Å². The van der Waals surface area contributed by atoms with Gasteiger partial charge in [0.2, 0.25) is 5.88 Å². The number of hydrogen-bond acceptors (Lipinski definition) is 7. The van der Waals surface area contributed by atoms with E-state index < -0.39 is 5.82 Å². The maximum Gasteiger partial charge on any atom is 0.337 e. The average Bonchev–Trinajstić information content (AvgIpc) is 3.31. The van der Waals surface area contributed by atoms with Gasteiger partial charge in [-0.2, -0.15) is 0 Å². The van der Waals surface area contributed by atoms with Gasteiger partial charge in [-0.25, -0.2) is 19.2 Å². The van der Waals surface area contributed by atoms with Crippen LogP contribution in [0.5, 0.6) is 5.88 Å². The number of imidazole rings is 1. The van der Waals surface area contributed by atoms with Crippen molar-refractivity contribution in [3.63, 3.8) is 0 Å². The first kappa shape index (κ1) is 28.0. The molecule has 1 saturated heterocycles. The molecule has 0 aliphatic carbocycles. The Balaban J connectivity index is 1.23. The standard InChI is InChI=1S/C30H32ClFN4O4/c1-38-15-14-36-27-16-21(30(37)39-2)7-9-26(27)33-28(36)18-35-12-10-20(11-13-35)25-4-3-5-29(34-25)40-19-22-6-8-23(31)17-24(22)32/h3-9,16-17,20H,10-15,18-19H2,1-2H3. The molecule has 0 N–H and O–H groups in total. The van der Waals surface area contributed by atoms with Gasteiger partial charge in [0, 0.05) is 41.9 Å². The molecule has 0 saturated carbocycles. The fourth-order valence-electron chi connectivity index (χ4n) is 5.09. The van der Waals surface area contributed by atoms with Crippen molar-refractivity contribution in [3.8, 4) is 5.88 Å². The maximum absolute atomic E-state index is 14.1. The molecule has 4 aromatic rings. The third-order valence-electron chi connectivity index (χ3n) is 7.27. The minimum atomic E-state index is -0.393. The molecule has 5 rings (SSSR count). The van der Waals surface area contributed by atoms with Crippen LogP contribution < -0.4 is 4.74 Å². The zero-order chi connectivity index (χ0) is 28.1. The minimum Gasteiger partial charge on any atom is -0.473 e. The van der Waals surface area contributed by atoms with Gasteiger partial charge in [-0.05, 0) is 62.3 Å². The Morgan fingerprint density at radius 3 is 2.65 bits per heavy atom. The third kappa shape index (κ3) is 6.43. The van der Waals surface area contributed by atoms with E-state index in [0.717, 1.165) is 48.5 Å². The van der Waals surface area contributed by atoms with Crippen LogP contribution in [0.4, 0.5) is 4.39 Å². The molecule has 8 nitrogen and oxygen atoms in total. The number of rotatable bonds is 10. The molecule has 2 aromatic carbocycles. The predicted octanol–water partition coefficient (Wildman–Crippen LogP) is 5.62. The molecular formula is C30H32ClFN4O4. The van der Waals surface area contributed by atoms with Crippen LogP contribution in [-0.2, 0) is 29.2 Å². The number of likely N-dealkylation sites (tertiary alicyclic amines) is 1. The van der Waals surface area contributed by atoms with Crippen LogP contribution in [0.3, 0.4) is 0 Å². The second-order valence-electron chi connectivity index (χ2n) is 9.84. The average molecular weight is 567 g/mol. The number of esters is 1. The highest BCUT2D eigenvalue weighted by atomic mass is 35.5. The Bertz CT molecular complexity index is 1490. The van der Waals surface area contributed by atoms with Gasteiger partial charge < -0.3 is 18.8 Å². The summed E-state index contributed by atoms with van der Waals surface area (Å²) in [5, 5.41) is 0.354. The Morgan fingerprint density at radius 2 is 1.90 bits per heavy atom. The third-order valence-corrected chi connectivity index (χ3v) is 7.51. The van der Waals surface area contributed by atoms with Gasteiger partial charge in [0.15, 0.2) is 0 Å². The van der Waals surface area contributed by atoms with E-state index in [2.05, 4.69) is 9.47 Å². The molecule has 210 valence electrons. The number of pyridine rings is 1. The lowest BCUT2D eigenvalue weighted by molar-refractivity contribution is 0.0601. The molecular weight excluding hydrogens is 535 g/mol. The SMILES string of the molecule is COCCn1c(CN2CCC(c3cccc(OCc4ccc(Cl)cc4F)n3)CC2)nc2ccc(C(=O)OC)cc21. The van der Waals surface area contributed by atoms with Crippen LogP contribution in [-0.4, -0.2) is 59.3 Å². The van der Waals surface area contributed by atoms with Gasteiger partial charge in [0.05, 0.1) is 36.9 Å². The Hall–Kier alpha value is -3.53. The highest BCUT2D eigenvalue weighted by Gasteiger charge is 2.24. The Kier molecular flexibility index (Phi) is 8.94. The molecule has 0 bridgehead atoms. The van der Waals surface area contributed by atoms with Crippen molar-refractivity contribution in [2.24, 2.45) is 0 Å². The van der Waals surface area contributed by atoms with Crippen LogP contribution in [0.25, 0.3) is 11.0 Å². The summed E-state index contributed by atoms with van der Waals surface area (Å²) >= 11 is 5.84. The van der Waals surface area contributed by atoms with E-state index in [9.17, 15) is 9.18 Å². The van der Waals surface area contributed by atoms with Gasteiger partial charge in [-0.3, -0.25) is 4.90 Å². The highest BCUT2D eigenvalue weighted by molar-refractivity contribution is 6.30. The first-order valence-electron chi connectivity index (χ1n) is 13.3. The van der Waals surface area contributed by atoms with E-state index in [-0.39, 0.29) is 12.6 Å². The largest absolute Gasteiger partial charge is 0.473 e.